The standard InChI is InChI=1S/C11H17NO4S/c1-9(8-13)17(14,15)12-7-10-5-3-4-6-11(10)16-2/h3-6,9,12-13H,7-8H2,1-2H3. The van der Waals surface area contributed by atoms with Crippen LogP contribution in [0, 0.1) is 0 Å². The summed E-state index contributed by atoms with van der Waals surface area (Å²) in [5, 5.41) is 8.00. The summed E-state index contributed by atoms with van der Waals surface area (Å²) in [6.07, 6.45) is 0. The molecule has 0 spiro atoms. The van der Waals surface area contributed by atoms with Crippen LogP contribution in [0.5, 0.6) is 5.75 Å². The van der Waals surface area contributed by atoms with Crippen molar-refractivity contribution in [3.05, 3.63) is 29.8 Å². The van der Waals surface area contributed by atoms with Gasteiger partial charge in [0.1, 0.15) is 5.75 Å². The number of sulfonamides is 1. The van der Waals surface area contributed by atoms with E-state index in [9.17, 15) is 8.42 Å². The third-order valence-electron chi connectivity index (χ3n) is 2.44. The van der Waals surface area contributed by atoms with Crippen LogP contribution in [-0.4, -0.2) is 32.5 Å². The van der Waals surface area contributed by atoms with E-state index in [1.54, 1.807) is 12.1 Å². The second-order valence-corrected chi connectivity index (χ2v) is 5.85. The second kappa shape index (κ2) is 6.00. The highest BCUT2D eigenvalue weighted by Gasteiger charge is 2.19. The Balaban J connectivity index is 2.74. The van der Waals surface area contributed by atoms with Gasteiger partial charge in [-0.1, -0.05) is 18.2 Å². The molecule has 1 aromatic carbocycles. The number of rotatable bonds is 6. The van der Waals surface area contributed by atoms with E-state index in [2.05, 4.69) is 4.72 Å². The summed E-state index contributed by atoms with van der Waals surface area (Å²) in [6, 6.07) is 7.17. The van der Waals surface area contributed by atoms with Gasteiger partial charge in [0.15, 0.2) is 0 Å². The highest BCUT2D eigenvalue weighted by molar-refractivity contribution is 7.90. The predicted molar refractivity (Wildman–Crippen MR) is 65.3 cm³/mol. The van der Waals surface area contributed by atoms with Crippen molar-refractivity contribution in [1.29, 1.82) is 0 Å². The van der Waals surface area contributed by atoms with E-state index in [1.807, 2.05) is 12.1 Å². The number of methoxy groups -OCH3 is 1. The molecular weight excluding hydrogens is 242 g/mol. The van der Waals surface area contributed by atoms with Crippen molar-refractivity contribution in [2.75, 3.05) is 13.7 Å². The first-order valence-electron chi connectivity index (χ1n) is 5.22. The minimum Gasteiger partial charge on any atom is -0.496 e. The van der Waals surface area contributed by atoms with Crippen molar-refractivity contribution in [3.8, 4) is 5.75 Å². The molecule has 0 saturated carbocycles. The number of aliphatic hydroxyl groups excluding tert-OH is 1. The van der Waals surface area contributed by atoms with Gasteiger partial charge < -0.3 is 9.84 Å². The summed E-state index contributed by atoms with van der Waals surface area (Å²) < 4.78 is 30.8. The minimum absolute atomic E-state index is 0.149. The highest BCUT2D eigenvalue weighted by Crippen LogP contribution is 2.17. The zero-order valence-corrected chi connectivity index (χ0v) is 10.7. The Hall–Kier alpha value is -1.11. The average Bonchev–Trinajstić information content (AvgIpc) is 2.35. The molecule has 17 heavy (non-hydrogen) atoms. The Morgan fingerprint density at radius 3 is 2.65 bits per heavy atom. The largest absolute Gasteiger partial charge is 0.496 e. The van der Waals surface area contributed by atoms with Crippen LogP contribution in [0.4, 0.5) is 0 Å². The maximum absolute atomic E-state index is 11.6. The van der Waals surface area contributed by atoms with Crippen LogP contribution in [0.1, 0.15) is 12.5 Å². The second-order valence-electron chi connectivity index (χ2n) is 3.67. The van der Waals surface area contributed by atoms with Gasteiger partial charge in [-0.2, -0.15) is 0 Å². The molecule has 96 valence electrons. The molecular formula is C11H17NO4S. The van der Waals surface area contributed by atoms with Crippen molar-refractivity contribution in [2.45, 2.75) is 18.7 Å². The topological polar surface area (TPSA) is 75.6 Å². The van der Waals surface area contributed by atoms with Gasteiger partial charge in [-0.25, -0.2) is 13.1 Å². The van der Waals surface area contributed by atoms with Gasteiger partial charge in [0.25, 0.3) is 0 Å². The lowest BCUT2D eigenvalue weighted by atomic mass is 10.2. The molecule has 0 aliphatic rings. The van der Waals surface area contributed by atoms with Crippen LogP contribution >= 0.6 is 0 Å². The molecule has 0 aliphatic heterocycles. The van der Waals surface area contributed by atoms with Crippen LogP contribution < -0.4 is 9.46 Å². The fraction of sp³-hybridized carbons (Fsp3) is 0.455. The molecule has 1 atom stereocenters. The van der Waals surface area contributed by atoms with Crippen LogP contribution in [0.15, 0.2) is 24.3 Å². The van der Waals surface area contributed by atoms with E-state index in [0.29, 0.717) is 5.75 Å². The van der Waals surface area contributed by atoms with E-state index in [0.717, 1.165) is 5.56 Å². The zero-order chi connectivity index (χ0) is 12.9. The molecule has 0 bridgehead atoms. The van der Waals surface area contributed by atoms with Crippen LogP contribution in [-0.2, 0) is 16.6 Å². The molecule has 0 fully saturated rings. The Morgan fingerprint density at radius 2 is 2.06 bits per heavy atom. The van der Waals surface area contributed by atoms with Crippen LogP contribution in [0.2, 0.25) is 0 Å². The molecule has 6 heteroatoms. The monoisotopic (exact) mass is 259 g/mol. The minimum atomic E-state index is -3.49. The molecule has 1 unspecified atom stereocenters. The van der Waals surface area contributed by atoms with Crippen molar-refractivity contribution < 1.29 is 18.3 Å². The number of aliphatic hydroxyl groups is 1. The summed E-state index contributed by atoms with van der Waals surface area (Å²) in [6.45, 7) is 1.20. The van der Waals surface area contributed by atoms with E-state index in [-0.39, 0.29) is 6.54 Å². The Kier molecular flexibility index (Phi) is 4.92. The molecule has 1 rings (SSSR count). The first kappa shape index (κ1) is 14.0. The number of nitrogens with one attached hydrogen (secondary N) is 1. The average molecular weight is 259 g/mol. The number of hydrogen-bond acceptors (Lipinski definition) is 4. The van der Waals surface area contributed by atoms with Crippen LogP contribution in [0.25, 0.3) is 0 Å². The lowest BCUT2D eigenvalue weighted by Crippen LogP contribution is -2.34. The lowest BCUT2D eigenvalue weighted by Gasteiger charge is -2.13. The molecule has 0 amide bonds. The molecule has 0 radical (unpaired) electrons. The maximum atomic E-state index is 11.6. The van der Waals surface area contributed by atoms with Gasteiger partial charge >= 0.3 is 0 Å². The summed E-state index contributed by atoms with van der Waals surface area (Å²) in [7, 11) is -1.96. The fourth-order valence-electron chi connectivity index (χ4n) is 1.27. The predicted octanol–water partition coefficient (Wildman–Crippen LogP) is 0.495. The van der Waals surface area contributed by atoms with Gasteiger partial charge in [-0.15, -0.1) is 0 Å². The third-order valence-corrected chi connectivity index (χ3v) is 4.20. The fourth-order valence-corrected chi connectivity index (χ4v) is 2.11. The van der Waals surface area contributed by atoms with E-state index >= 15 is 0 Å². The number of benzene rings is 1. The van der Waals surface area contributed by atoms with Gasteiger partial charge in [0.05, 0.1) is 19.0 Å². The summed E-state index contributed by atoms with van der Waals surface area (Å²) in [5.41, 5.74) is 0.753. The van der Waals surface area contributed by atoms with Crippen molar-refractivity contribution in [2.24, 2.45) is 0 Å². The third kappa shape index (κ3) is 3.69. The first-order chi connectivity index (χ1) is 8.01. The van der Waals surface area contributed by atoms with E-state index < -0.39 is 21.9 Å². The lowest BCUT2D eigenvalue weighted by molar-refractivity contribution is 0.294. The van der Waals surface area contributed by atoms with Crippen molar-refractivity contribution in [3.63, 3.8) is 0 Å². The molecule has 0 heterocycles. The van der Waals surface area contributed by atoms with E-state index in [4.69, 9.17) is 9.84 Å². The highest BCUT2D eigenvalue weighted by atomic mass is 32.2. The van der Waals surface area contributed by atoms with Crippen LogP contribution in [0.3, 0.4) is 0 Å². The Labute approximate surface area is 101 Å². The Bertz CT molecular complexity index is 458. The van der Waals surface area contributed by atoms with Gasteiger partial charge in [0, 0.05) is 12.1 Å². The number of hydrogen-bond donors (Lipinski definition) is 2. The van der Waals surface area contributed by atoms with Crippen molar-refractivity contribution in [1.82, 2.24) is 4.72 Å². The quantitative estimate of drug-likeness (QED) is 0.780. The summed E-state index contributed by atoms with van der Waals surface area (Å²) in [4.78, 5) is 0. The maximum Gasteiger partial charge on any atom is 0.216 e. The van der Waals surface area contributed by atoms with Crippen molar-refractivity contribution >= 4 is 10.0 Å². The number of para-hydroxylation sites is 1. The molecule has 2 N–H and O–H groups in total. The zero-order valence-electron chi connectivity index (χ0n) is 9.88. The molecule has 5 nitrogen and oxygen atoms in total. The van der Waals surface area contributed by atoms with Gasteiger partial charge in [-0.05, 0) is 13.0 Å². The first-order valence-corrected chi connectivity index (χ1v) is 6.77. The smallest absolute Gasteiger partial charge is 0.216 e. The normalized spacial score (nSPS) is 13.4. The molecule has 0 aliphatic carbocycles. The van der Waals surface area contributed by atoms with Gasteiger partial charge in [-0.3, -0.25) is 0 Å². The molecule has 0 aromatic heterocycles. The summed E-state index contributed by atoms with van der Waals surface area (Å²) in [5.74, 6) is 0.631. The SMILES string of the molecule is COc1ccccc1CNS(=O)(=O)C(C)CO. The Morgan fingerprint density at radius 1 is 1.41 bits per heavy atom. The molecule has 0 saturated heterocycles. The summed E-state index contributed by atoms with van der Waals surface area (Å²) >= 11 is 0. The molecule has 1 aromatic rings. The van der Waals surface area contributed by atoms with E-state index in [1.165, 1.54) is 14.0 Å². The number of ether oxygens (including phenoxy) is 1. The van der Waals surface area contributed by atoms with Gasteiger partial charge in [0.2, 0.25) is 10.0 Å².